The van der Waals surface area contributed by atoms with E-state index in [4.69, 9.17) is 4.74 Å². The number of hydrogen-bond donors (Lipinski definition) is 1. The fraction of sp³-hybridized carbons (Fsp3) is 1.00. The summed E-state index contributed by atoms with van der Waals surface area (Å²) in [5.74, 6) is 0.191. The molecule has 0 aliphatic carbocycles. The van der Waals surface area contributed by atoms with E-state index in [1.165, 1.54) is 0 Å². The van der Waals surface area contributed by atoms with Gasteiger partial charge < -0.3 is 4.74 Å². The summed E-state index contributed by atoms with van der Waals surface area (Å²) in [4.78, 5) is 2.08. The van der Waals surface area contributed by atoms with E-state index in [2.05, 4.69) is 9.62 Å². The van der Waals surface area contributed by atoms with Crippen LogP contribution >= 0.6 is 0 Å². The minimum absolute atomic E-state index is 0.191. The average Bonchev–Trinajstić information content (AvgIpc) is 2.23. The Morgan fingerprint density at radius 3 is 2.92 bits per heavy atom. The van der Waals surface area contributed by atoms with Gasteiger partial charge in [0, 0.05) is 33.3 Å². The van der Waals surface area contributed by atoms with Crippen molar-refractivity contribution in [2.75, 3.05) is 45.6 Å². The standard InChI is InChI=1S/C7H16N2O3S/c1-12-6-4-9-3-2-8-13(10,11)7-5-9/h8H,2-7H2,1H3. The van der Waals surface area contributed by atoms with Crippen LogP contribution in [-0.2, 0) is 14.8 Å². The topological polar surface area (TPSA) is 58.6 Å². The molecule has 0 bridgehead atoms. The quantitative estimate of drug-likeness (QED) is 0.637. The lowest BCUT2D eigenvalue weighted by molar-refractivity contribution is 0.153. The monoisotopic (exact) mass is 208 g/mol. The number of nitrogens with zero attached hydrogens (tertiary/aromatic N) is 1. The Morgan fingerprint density at radius 2 is 2.23 bits per heavy atom. The Balaban J connectivity index is 2.36. The molecule has 0 spiro atoms. The Labute approximate surface area is 79.1 Å². The molecule has 0 unspecified atom stereocenters. The summed E-state index contributed by atoms with van der Waals surface area (Å²) >= 11 is 0. The molecule has 1 aliphatic rings. The molecule has 0 atom stereocenters. The van der Waals surface area contributed by atoms with Gasteiger partial charge in [0.15, 0.2) is 0 Å². The minimum atomic E-state index is -3.01. The molecule has 1 rings (SSSR count). The maximum atomic E-state index is 11.1. The summed E-state index contributed by atoms with van der Waals surface area (Å²) in [6.45, 7) is 3.32. The lowest BCUT2D eigenvalue weighted by Gasteiger charge is -2.17. The molecule has 6 heteroatoms. The van der Waals surface area contributed by atoms with Crippen molar-refractivity contribution in [3.63, 3.8) is 0 Å². The van der Waals surface area contributed by atoms with E-state index in [0.717, 1.165) is 13.1 Å². The van der Waals surface area contributed by atoms with Crippen molar-refractivity contribution in [1.82, 2.24) is 9.62 Å². The molecular formula is C7H16N2O3S. The van der Waals surface area contributed by atoms with E-state index in [-0.39, 0.29) is 5.75 Å². The first kappa shape index (κ1) is 10.9. The van der Waals surface area contributed by atoms with Gasteiger partial charge in [0.2, 0.25) is 10.0 Å². The molecule has 0 radical (unpaired) electrons. The highest BCUT2D eigenvalue weighted by Gasteiger charge is 2.17. The number of nitrogens with one attached hydrogen (secondary N) is 1. The zero-order valence-corrected chi connectivity index (χ0v) is 8.64. The third-order valence-electron chi connectivity index (χ3n) is 2.04. The van der Waals surface area contributed by atoms with E-state index >= 15 is 0 Å². The molecule has 1 fully saturated rings. The largest absolute Gasteiger partial charge is 0.383 e. The maximum absolute atomic E-state index is 11.1. The molecule has 78 valence electrons. The average molecular weight is 208 g/mol. The number of hydrogen-bond acceptors (Lipinski definition) is 4. The predicted octanol–water partition coefficient (Wildman–Crippen LogP) is -1.13. The zero-order valence-electron chi connectivity index (χ0n) is 7.82. The van der Waals surface area contributed by atoms with Crippen LogP contribution in [0.3, 0.4) is 0 Å². The van der Waals surface area contributed by atoms with Crippen LogP contribution in [0.15, 0.2) is 0 Å². The van der Waals surface area contributed by atoms with Crippen molar-refractivity contribution in [1.29, 1.82) is 0 Å². The molecular weight excluding hydrogens is 192 g/mol. The van der Waals surface area contributed by atoms with Crippen molar-refractivity contribution in [2.24, 2.45) is 0 Å². The summed E-state index contributed by atoms with van der Waals surface area (Å²) < 4.78 is 29.7. The Hall–Kier alpha value is -0.170. The smallest absolute Gasteiger partial charge is 0.212 e. The predicted molar refractivity (Wildman–Crippen MR) is 50.1 cm³/mol. The number of methoxy groups -OCH3 is 1. The van der Waals surface area contributed by atoms with Gasteiger partial charge in [-0.25, -0.2) is 13.1 Å². The van der Waals surface area contributed by atoms with E-state index in [1.807, 2.05) is 0 Å². The van der Waals surface area contributed by atoms with E-state index in [9.17, 15) is 8.42 Å². The summed E-state index contributed by atoms with van der Waals surface area (Å²) in [5, 5.41) is 0. The van der Waals surface area contributed by atoms with Gasteiger partial charge in [-0.3, -0.25) is 4.90 Å². The minimum Gasteiger partial charge on any atom is -0.383 e. The van der Waals surface area contributed by atoms with E-state index < -0.39 is 10.0 Å². The van der Waals surface area contributed by atoms with Crippen molar-refractivity contribution in [2.45, 2.75) is 0 Å². The highest BCUT2D eigenvalue weighted by Crippen LogP contribution is 1.96. The van der Waals surface area contributed by atoms with Gasteiger partial charge in [-0.1, -0.05) is 0 Å². The number of rotatable bonds is 3. The molecule has 1 N–H and O–H groups in total. The molecule has 0 saturated carbocycles. The van der Waals surface area contributed by atoms with Gasteiger partial charge in [0.05, 0.1) is 12.4 Å². The van der Waals surface area contributed by atoms with E-state index in [1.54, 1.807) is 7.11 Å². The molecule has 0 aromatic carbocycles. The fourth-order valence-electron chi connectivity index (χ4n) is 1.24. The van der Waals surface area contributed by atoms with Gasteiger partial charge >= 0.3 is 0 Å². The Kier molecular flexibility index (Phi) is 4.11. The second kappa shape index (κ2) is 4.90. The summed E-state index contributed by atoms with van der Waals surface area (Å²) in [7, 11) is -1.36. The van der Waals surface area contributed by atoms with Crippen LogP contribution in [0, 0.1) is 0 Å². The van der Waals surface area contributed by atoms with Crippen LogP contribution in [0.25, 0.3) is 0 Å². The first-order valence-corrected chi connectivity index (χ1v) is 5.98. The van der Waals surface area contributed by atoms with Gasteiger partial charge in [0.25, 0.3) is 0 Å². The van der Waals surface area contributed by atoms with Crippen molar-refractivity contribution in [3.05, 3.63) is 0 Å². The van der Waals surface area contributed by atoms with Crippen LogP contribution in [0.2, 0.25) is 0 Å². The van der Waals surface area contributed by atoms with Crippen molar-refractivity contribution < 1.29 is 13.2 Å². The second-order valence-corrected chi connectivity index (χ2v) is 4.97. The second-order valence-electron chi connectivity index (χ2n) is 3.05. The van der Waals surface area contributed by atoms with Gasteiger partial charge in [-0.05, 0) is 0 Å². The highest BCUT2D eigenvalue weighted by atomic mass is 32.2. The number of ether oxygens (including phenoxy) is 1. The van der Waals surface area contributed by atoms with Crippen molar-refractivity contribution >= 4 is 10.0 Å². The maximum Gasteiger partial charge on any atom is 0.212 e. The fourth-order valence-corrected chi connectivity index (χ4v) is 2.28. The SMILES string of the molecule is COCCN1CCNS(=O)(=O)CC1. The first-order valence-electron chi connectivity index (χ1n) is 4.33. The highest BCUT2D eigenvalue weighted by molar-refractivity contribution is 7.89. The van der Waals surface area contributed by atoms with E-state index in [0.29, 0.717) is 19.7 Å². The summed E-state index contributed by atoms with van der Waals surface area (Å²) in [5.41, 5.74) is 0. The van der Waals surface area contributed by atoms with Gasteiger partial charge in [-0.15, -0.1) is 0 Å². The molecule has 0 aromatic rings. The number of sulfonamides is 1. The lowest BCUT2D eigenvalue weighted by atomic mass is 10.4. The molecule has 5 nitrogen and oxygen atoms in total. The molecule has 13 heavy (non-hydrogen) atoms. The zero-order chi connectivity index (χ0) is 9.73. The van der Waals surface area contributed by atoms with Crippen LogP contribution in [-0.4, -0.2) is 59.0 Å². The molecule has 1 heterocycles. The first-order chi connectivity index (χ1) is 6.14. The van der Waals surface area contributed by atoms with Gasteiger partial charge in [0.1, 0.15) is 0 Å². The van der Waals surface area contributed by atoms with Crippen molar-refractivity contribution in [3.8, 4) is 0 Å². The lowest BCUT2D eigenvalue weighted by Crippen LogP contribution is -2.31. The van der Waals surface area contributed by atoms with Crippen LogP contribution < -0.4 is 4.72 Å². The van der Waals surface area contributed by atoms with Gasteiger partial charge in [-0.2, -0.15) is 0 Å². The molecule has 0 aromatic heterocycles. The third kappa shape index (κ3) is 4.04. The van der Waals surface area contributed by atoms with Crippen LogP contribution in [0.5, 0.6) is 0 Å². The van der Waals surface area contributed by atoms with Crippen LogP contribution in [0.4, 0.5) is 0 Å². The third-order valence-corrected chi connectivity index (χ3v) is 3.40. The summed E-state index contributed by atoms with van der Waals surface area (Å²) in [6, 6.07) is 0. The Morgan fingerprint density at radius 1 is 1.46 bits per heavy atom. The molecule has 1 aliphatic heterocycles. The Bertz CT molecular complexity index is 240. The summed E-state index contributed by atoms with van der Waals surface area (Å²) in [6.07, 6.45) is 0. The van der Waals surface area contributed by atoms with Crippen LogP contribution in [0.1, 0.15) is 0 Å². The molecule has 1 saturated heterocycles. The molecule has 0 amide bonds. The normalized spacial score (nSPS) is 24.1.